The molecule has 0 aromatic heterocycles. The number of rotatable bonds is 4. The summed E-state index contributed by atoms with van der Waals surface area (Å²) in [6, 6.07) is 6.41. The van der Waals surface area contributed by atoms with E-state index in [-0.39, 0.29) is 10.0 Å². The molecule has 0 heterocycles. The Morgan fingerprint density at radius 2 is 1.75 bits per heavy atom. The van der Waals surface area contributed by atoms with Gasteiger partial charge in [-0.2, -0.15) is 0 Å². The van der Waals surface area contributed by atoms with E-state index in [4.69, 9.17) is 4.74 Å². The quantitative estimate of drug-likeness (QED) is 0.786. The minimum atomic E-state index is -1.33. The van der Waals surface area contributed by atoms with Gasteiger partial charge in [0.1, 0.15) is 23.1 Å². The molecule has 1 N–H and O–H groups in total. The molecule has 1 atom stereocenters. The van der Waals surface area contributed by atoms with Crippen LogP contribution in [0.1, 0.15) is 17.3 Å². The van der Waals surface area contributed by atoms with Gasteiger partial charge in [-0.1, -0.05) is 6.07 Å². The number of ether oxygens (including phenoxy) is 1. The number of amides is 1. The van der Waals surface area contributed by atoms with Crippen molar-refractivity contribution in [1.82, 2.24) is 0 Å². The first-order valence-electron chi connectivity index (χ1n) is 6.70. The molecule has 8 heteroatoms. The summed E-state index contributed by atoms with van der Waals surface area (Å²) in [5, 5.41) is 2.02. The fourth-order valence-corrected chi connectivity index (χ4v) is 2.29. The van der Waals surface area contributed by atoms with E-state index in [9.17, 15) is 22.8 Å². The van der Waals surface area contributed by atoms with Crippen LogP contribution in [0.5, 0.6) is 0 Å². The fraction of sp³-hybridized carbons (Fsp3) is 0.125. The molecule has 2 aromatic carbocycles. The molecule has 2 rings (SSSR count). The first-order valence-corrected chi connectivity index (χ1v) is 7.50. The normalized spacial score (nSPS) is 11.7. The third-order valence-corrected chi connectivity index (χ3v) is 3.67. The van der Waals surface area contributed by atoms with Crippen LogP contribution < -0.4 is 5.32 Å². The molecule has 0 spiro atoms. The van der Waals surface area contributed by atoms with Crippen LogP contribution in [0.15, 0.2) is 40.9 Å². The summed E-state index contributed by atoms with van der Waals surface area (Å²) in [7, 11) is 0. The number of hydrogen-bond donors (Lipinski definition) is 1. The third-order valence-electron chi connectivity index (χ3n) is 3.02. The lowest BCUT2D eigenvalue weighted by Crippen LogP contribution is -2.30. The monoisotopic (exact) mass is 401 g/mol. The summed E-state index contributed by atoms with van der Waals surface area (Å²) in [5.41, 5.74) is -0.624. The van der Waals surface area contributed by atoms with Crippen LogP contribution in [0.2, 0.25) is 0 Å². The van der Waals surface area contributed by atoms with Crippen molar-refractivity contribution in [2.45, 2.75) is 13.0 Å². The number of carbonyl (C=O) groups excluding carboxylic acids is 2. The highest BCUT2D eigenvalue weighted by molar-refractivity contribution is 9.10. The number of para-hydroxylation sites is 1. The molecule has 0 aliphatic rings. The van der Waals surface area contributed by atoms with Crippen molar-refractivity contribution < 1.29 is 27.5 Å². The molecular formula is C16H11BrF3NO3. The van der Waals surface area contributed by atoms with Crippen molar-refractivity contribution in [3.63, 3.8) is 0 Å². The Bertz CT molecular complexity index is 778. The zero-order valence-electron chi connectivity index (χ0n) is 12.3. The highest BCUT2D eigenvalue weighted by Crippen LogP contribution is 2.21. The first-order chi connectivity index (χ1) is 11.3. The predicted molar refractivity (Wildman–Crippen MR) is 84.0 cm³/mol. The fourth-order valence-electron chi connectivity index (χ4n) is 1.77. The largest absolute Gasteiger partial charge is 0.449 e. The molecule has 0 fully saturated rings. The van der Waals surface area contributed by atoms with E-state index in [2.05, 4.69) is 15.9 Å². The Morgan fingerprint density at radius 1 is 1.12 bits per heavy atom. The van der Waals surface area contributed by atoms with E-state index < -0.39 is 41.1 Å². The molecule has 0 saturated carbocycles. The number of nitrogens with one attached hydrogen (secondary N) is 1. The first kappa shape index (κ1) is 18.0. The van der Waals surface area contributed by atoms with Crippen molar-refractivity contribution in [3.8, 4) is 0 Å². The molecule has 0 saturated heterocycles. The van der Waals surface area contributed by atoms with Crippen LogP contribution in [-0.4, -0.2) is 18.0 Å². The molecular weight excluding hydrogens is 391 g/mol. The zero-order chi connectivity index (χ0) is 17.9. The van der Waals surface area contributed by atoms with Crippen LogP contribution in [0.4, 0.5) is 18.9 Å². The number of benzene rings is 2. The van der Waals surface area contributed by atoms with Crippen molar-refractivity contribution in [2.75, 3.05) is 5.32 Å². The molecule has 0 aliphatic heterocycles. The average Bonchev–Trinajstić information content (AvgIpc) is 2.50. The molecule has 0 aliphatic carbocycles. The molecule has 4 nitrogen and oxygen atoms in total. The van der Waals surface area contributed by atoms with Crippen molar-refractivity contribution in [2.24, 2.45) is 0 Å². The predicted octanol–water partition coefficient (Wildman–Crippen LogP) is 4.05. The average molecular weight is 402 g/mol. The number of carbonyl (C=O) groups is 2. The van der Waals surface area contributed by atoms with Gasteiger partial charge in [0.25, 0.3) is 5.91 Å². The van der Waals surface area contributed by atoms with Crippen LogP contribution >= 0.6 is 15.9 Å². The minimum Gasteiger partial charge on any atom is -0.449 e. The maximum absolute atomic E-state index is 13.5. The molecule has 0 radical (unpaired) electrons. The second-order valence-electron chi connectivity index (χ2n) is 4.76. The van der Waals surface area contributed by atoms with Crippen LogP contribution in [-0.2, 0) is 9.53 Å². The molecule has 1 amide bonds. The molecule has 126 valence electrons. The lowest BCUT2D eigenvalue weighted by atomic mass is 10.2. The Kier molecular flexibility index (Phi) is 5.61. The number of hydrogen-bond acceptors (Lipinski definition) is 3. The van der Waals surface area contributed by atoms with E-state index in [0.717, 1.165) is 30.3 Å². The summed E-state index contributed by atoms with van der Waals surface area (Å²) in [5.74, 6) is -4.27. The molecule has 2 aromatic rings. The number of esters is 1. The van der Waals surface area contributed by atoms with Gasteiger partial charge in [-0.05, 0) is 53.2 Å². The highest BCUT2D eigenvalue weighted by Gasteiger charge is 2.22. The SMILES string of the molecule is C[C@@H](OC(=O)c1ccc(F)cc1Br)C(=O)Nc1c(F)cccc1F. The Hall–Kier alpha value is -2.35. The van der Waals surface area contributed by atoms with Crippen molar-refractivity contribution >= 4 is 33.5 Å². The Labute approximate surface area is 143 Å². The molecule has 24 heavy (non-hydrogen) atoms. The highest BCUT2D eigenvalue weighted by atomic mass is 79.9. The summed E-state index contributed by atoms with van der Waals surface area (Å²) < 4.78 is 45.1. The van der Waals surface area contributed by atoms with E-state index in [1.807, 2.05) is 5.32 Å². The third kappa shape index (κ3) is 4.14. The number of halogens is 4. The van der Waals surface area contributed by atoms with Gasteiger partial charge in [-0.3, -0.25) is 4.79 Å². The lowest BCUT2D eigenvalue weighted by molar-refractivity contribution is -0.123. The Morgan fingerprint density at radius 3 is 2.33 bits per heavy atom. The van der Waals surface area contributed by atoms with Crippen molar-refractivity contribution in [1.29, 1.82) is 0 Å². The summed E-state index contributed by atoms with van der Waals surface area (Å²) >= 11 is 3.01. The van der Waals surface area contributed by atoms with Gasteiger partial charge in [0.05, 0.1) is 5.56 Å². The summed E-state index contributed by atoms with van der Waals surface area (Å²) in [6.07, 6.45) is -1.33. The van der Waals surface area contributed by atoms with E-state index in [1.165, 1.54) is 13.0 Å². The number of anilines is 1. The molecule has 0 bridgehead atoms. The van der Waals surface area contributed by atoms with Gasteiger partial charge in [0.2, 0.25) is 0 Å². The van der Waals surface area contributed by atoms with Crippen LogP contribution in [0, 0.1) is 17.5 Å². The van der Waals surface area contributed by atoms with Gasteiger partial charge >= 0.3 is 5.97 Å². The van der Waals surface area contributed by atoms with E-state index in [1.54, 1.807) is 0 Å². The van der Waals surface area contributed by atoms with Gasteiger partial charge in [-0.25, -0.2) is 18.0 Å². The lowest BCUT2D eigenvalue weighted by Gasteiger charge is -2.14. The summed E-state index contributed by atoms with van der Waals surface area (Å²) in [4.78, 5) is 23.9. The van der Waals surface area contributed by atoms with Gasteiger partial charge in [0.15, 0.2) is 6.10 Å². The maximum Gasteiger partial charge on any atom is 0.340 e. The Balaban J connectivity index is 2.07. The minimum absolute atomic E-state index is 0.00752. The smallest absolute Gasteiger partial charge is 0.340 e. The molecule has 0 unspecified atom stereocenters. The second-order valence-corrected chi connectivity index (χ2v) is 5.61. The van der Waals surface area contributed by atoms with Crippen molar-refractivity contribution in [3.05, 3.63) is 63.9 Å². The van der Waals surface area contributed by atoms with Crippen LogP contribution in [0.25, 0.3) is 0 Å². The topological polar surface area (TPSA) is 55.4 Å². The van der Waals surface area contributed by atoms with Gasteiger partial charge in [0, 0.05) is 4.47 Å². The van der Waals surface area contributed by atoms with E-state index >= 15 is 0 Å². The van der Waals surface area contributed by atoms with Gasteiger partial charge in [-0.15, -0.1) is 0 Å². The van der Waals surface area contributed by atoms with Gasteiger partial charge < -0.3 is 10.1 Å². The summed E-state index contributed by atoms with van der Waals surface area (Å²) in [6.45, 7) is 1.24. The standard InChI is InChI=1S/C16H11BrF3NO3/c1-8(15(22)21-14-12(19)3-2-4-13(14)20)24-16(23)10-6-5-9(18)7-11(10)17/h2-8H,1H3,(H,21,22)/t8-/m1/s1. The maximum atomic E-state index is 13.5. The zero-order valence-corrected chi connectivity index (χ0v) is 13.9. The van der Waals surface area contributed by atoms with Crippen LogP contribution in [0.3, 0.4) is 0 Å². The van der Waals surface area contributed by atoms with E-state index in [0.29, 0.717) is 0 Å². The second kappa shape index (κ2) is 7.48.